The molecule has 1 aromatic heterocycles. The first-order valence-corrected chi connectivity index (χ1v) is 9.30. The molecule has 2 amide bonds. The number of para-hydroxylation sites is 1. The lowest BCUT2D eigenvalue weighted by Gasteiger charge is -2.08. The minimum Gasteiger partial charge on any atom is -0.456 e. The van der Waals surface area contributed by atoms with Crippen LogP contribution in [0.25, 0.3) is 21.9 Å². The number of benzene rings is 3. The Hall–Kier alpha value is -4.13. The highest BCUT2D eigenvalue weighted by atomic mass is 16.5. The van der Waals surface area contributed by atoms with Gasteiger partial charge in [0.15, 0.2) is 6.61 Å². The maximum Gasteiger partial charge on any atom is 0.325 e. The number of carbonyl (C=O) groups is 3. The van der Waals surface area contributed by atoms with Gasteiger partial charge < -0.3 is 19.8 Å². The number of carbonyl (C=O) groups excluding carboxylic acids is 3. The molecule has 3 aromatic carbocycles. The van der Waals surface area contributed by atoms with Crippen LogP contribution >= 0.6 is 0 Å². The van der Waals surface area contributed by atoms with Gasteiger partial charge in [-0.3, -0.25) is 14.4 Å². The van der Waals surface area contributed by atoms with Gasteiger partial charge in [-0.1, -0.05) is 36.4 Å². The number of hydrogen-bond acceptors (Lipinski definition) is 5. The third-order valence-electron chi connectivity index (χ3n) is 4.45. The molecule has 7 heteroatoms. The van der Waals surface area contributed by atoms with Gasteiger partial charge in [0.1, 0.15) is 17.7 Å². The Morgan fingerprint density at radius 1 is 0.833 bits per heavy atom. The molecule has 0 spiro atoms. The molecule has 1 heterocycles. The molecule has 2 N–H and O–H groups in total. The van der Waals surface area contributed by atoms with E-state index in [-0.39, 0.29) is 6.54 Å². The van der Waals surface area contributed by atoms with Crippen molar-refractivity contribution < 1.29 is 23.5 Å². The van der Waals surface area contributed by atoms with Crippen molar-refractivity contribution in [3.8, 4) is 0 Å². The van der Waals surface area contributed by atoms with Gasteiger partial charge in [-0.05, 0) is 36.4 Å². The number of rotatable bonds is 6. The van der Waals surface area contributed by atoms with Crippen molar-refractivity contribution in [3.05, 3.63) is 78.4 Å². The number of hydrogen-bond donors (Lipinski definition) is 2. The zero-order valence-corrected chi connectivity index (χ0v) is 15.9. The minimum absolute atomic E-state index is 0.325. The van der Waals surface area contributed by atoms with Crippen LogP contribution in [0, 0.1) is 0 Å². The molecule has 0 aliphatic rings. The van der Waals surface area contributed by atoms with Gasteiger partial charge in [0.05, 0.1) is 0 Å². The summed E-state index contributed by atoms with van der Waals surface area (Å²) in [5.74, 6) is -1.58. The Kier molecular flexibility index (Phi) is 5.43. The molecule has 0 saturated carbocycles. The predicted octanol–water partition coefficient (Wildman–Crippen LogP) is 3.50. The first kappa shape index (κ1) is 19.2. The van der Waals surface area contributed by atoms with E-state index in [1.54, 1.807) is 48.5 Å². The second-order valence-electron chi connectivity index (χ2n) is 6.57. The second kappa shape index (κ2) is 8.48. The van der Waals surface area contributed by atoms with Crippen LogP contribution in [0.1, 0.15) is 10.4 Å². The zero-order chi connectivity index (χ0) is 20.9. The van der Waals surface area contributed by atoms with Gasteiger partial charge in [-0.15, -0.1) is 0 Å². The molecule has 30 heavy (non-hydrogen) atoms. The van der Waals surface area contributed by atoms with E-state index in [0.717, 1.165) is 21.9 Å². The maximum absolute atomic E-state index is 12.1. The van der Waals surface area contributed by atoms with Gasteiger partial charge in [0.2, 0.25) is 0 Å². The summed E-state index contributed by atoms with van der Waals surface area (Å²) >= 11 is 0. The fourth-order valence-corrected chi connectivity index (χ4v) is 3.04. The predicted molar refractivity (Wildman–Crippen MR) is 112 cm³/mol. The molecule has 0 aliphatic carbocycles. The summed E-state index contributed by atoms with van der Waals surface area (Å²) in [6, 6.07) is 21.4. The second-order valence-corrected chi connectivity index (χ2v) is 6.57. The fraction of sp³-hybridized carbons (Fsp3) is 0.0870. The Bertz CT molecular complexity index is 1230. The standard InChI is InChI=1S/C23H18N2O5/c26-21(14-29-22(27)13-24-23(28)15-6-2-1-3-7-15)25-16-10-11-20-18(12-16)17-8-4-5-9-19(17)30-20/h1-12H,13-14H2,(H,24,28)(H,25,26). The molecule has 4 rings (SSSR count). The number of amides is 2. The number of esters is 1. The van der Waals surface area contributed by atoms with Crippen LogP contribution in [-0.4, -0.2) is 30.9 Å². The molecule has 0 fully saturated rings. The number of furan rings is 1. The van der Waals surface area contributed by atoms with E-state index in [9.17, 15) is 14.4 Å². The summed E-state index contributed by atoms with van der Waals surface area (Å²) < 4.78 is 10.7. The van der Waals surface area contributed by atoms with Crippen molar-refractivity contribution in [1.82, 2.24) is 5.32 Å². The van der Waals surface area contributed by atoms with Crippen LogP contribution in [0.3, 0.4) is 0 Å². The molecule has 0 saturated heterocycles. The first-order valence-electron chi connectivity index (χ1n) is 9.30. The lowest BCUT2D eigenvalue weighted by atomic mass is 10.1. The van der Waals surface area contributed by atoms with Crippen LogP contribution in [0.5, 0.6) is 0 Å². The highest BCUT2D eigenvalue weighted by Crippen LogP contribution is 2.30. The molecule has 0 unspecified atom stereocenters. The molecular weight excluding hydrogens is 384 g/mol. The summed E-state index contributed by atoms with van der Waals surface area (Å²) in [6.45, 7) is -0.780. The summed E-state index contributed by atoms with van der Waals surface area (Å²) in [7, 11) is 0. The average Bonchev–Trinajstić information content (AvgIpc) is 3.14. The number of ether oxygens (including phenoxy) is 1. The van der Waals surface area contributed by atoms with E-state index in [1.165, 1.54) is 0 Å². The lowest BCUT2D eigenvalue weighted by molar-refractivity contribution is -0.146. The van der Waals surface area contributed by atoms with Crippen LogP contribution in [0.15, 0.2) is 77.2 Å². The smallest absolute Gasteiger partial charge is 0.325 e. The van der Waals surface area contributed by atoms with Crippen LogP contribution in [0.4, 0.5) is 5.69 Å². The quantitative estimate of drug-likeness (QED) is 0.481. The van der Waals surface area contributed by atoms with E-state index in [0.29, 0.717) is 11.3 Å². The molecule has 0 radical (unpaired) electrons. The van der Waals surface area contributed by atoms with Crippen molar-refractivity contribution in [2.75, 3.05) is 18.5 Å². The molecule has 0 bridgehead atoms. The first-order chi connectivity index (χ1) is 14.6. The number of anilines is 1. The Morgan fingerprint density at radius 2 is 1.57 bits per heavy atom. The van der Waals surface area contributed by atoms with Crippen LogP contribution in [-0.2, 0) is 14.3 Å². The lowest BCUT2D eigenvalue weighted by Crippen LogP contribution is -2.32. The summed E-state index contributed by atoms with van der Waals surface area (Å²) in [4.78, 5) is 35.8. The van der Waals surface area contributed by atoms with Crippen LogP contribution in [0.2, 0.25) is 0 Å². The van der Waals surface area contributed by atoms with E-state index in [4.69, 9.17) is 9.15 Å². The largest absolute Gasteiger partial charge is 0.456 e. The normalized spacial score (nSPS) is 10.7. The Morgan fingerprint density at radius 3 is 2.40 bits per heavy atom. The molecule has 7 nitrogen and oxygen atoms in total. The van der Waals surface area contributed by atoms with Gasteiger partial charge in [0.25, 0.3) is 11.8 Å². The third-order valence-corrected chi connectivity index (χ3v) is 4.45. The van der Waals surface area contributed by atoms with Crippen molar-refractivity contribution >= 4 is 45.4 Å². The number of fused-ring (bicyclic) bond motifs is 3. The van der Waals surface area contributed by atoms with Gasteiger partial charge >= 0.3 is 5.97 Å². The third kappa shape index (κ3) is 4.30. The van der Waals surface area contributed by atoms with E-state index < -0.39 is 24.4 Å². The maximum atomic E-state index is 12.1. The van der Waals surface area contributed by atoms with Gasteiger partial charge in [0, 0.05) is 22.0 Å². The van der Waals surface area contributed by atoms with E-state index in [1.807, 2.05) is 24.3 Å². The highest BCUT2D eigenvalue weighted by molar-refractivity contribution is 6.07. The number of nitrogens with one attached hydrogen (secondary N) is 2. The van der Waals surface area contributed by atoms with E-state index in [2.05, 4.69) is 10.6 Å². The molecule has 150 valence electrons. The molecular formula is C23H18N2O5. The topological polar surface area (TPSA) is 97.6 Å². The summed E-state index contributed by atoms with van der Waals surface area (Å²) in [5.41, 5.74) is 2.48. The van der Waals surface area contributed by atoms with Crippen molar-refractivity contribution in [2.24, 2.45) is 0 Å². The van der Waals surface area contributed by atoms with Crippen LogP contribution < -0.4 is 10.6 Å². The van der Waals surface area contributed by atoms with Crippen molar-refractivity contribution in [1.29, 1.82) is 0 Å². The fourth-order valence-electron chi connectivity index (χ4n) is 3.04. The van der Waals surface area contributed by atoms with Crippen molar-refractivity contribution in [3.63, 3.8) is 0 Å². The monoisotopic (exact) mass is 402 g/mol. The Labute approximate surface area is 171 Å². The Balaban J connectivity index is 1.29. The van der Waals surface area contributed by atoms with Crippen molar-refractivity contribution in [2.45, 2.75) is 0 Å². The summed E-state index contributed by atoms with van der Waals surface area (Å²) in [6.07, 6.45) is 0. The highest BCUT2D eigenvalue weighted by Gasteiger charge is 2.12. The zero-order valence-electron chi connectivity index (χ0n) is 15.9. The molecule has 0 atom stereocenters. The van der Waals surface area contributed by atoms with Gasteiger partial charge in [-0.25, -0.2) is 0 Å². The van der Waals surface area contributed by atoms with E-state index >= 15 is 0 Å². The summed E-state index contributed by atoms with van der Waals surface area (Å²) in [5, 5.41) is 6.97. The average molecular weight is 402 g/mol. The van der Waals surface area contributed by atoms with Gasteiger partial charge in [-0.2, -0.15) is 0 Å². The minimum atomic E-state index is -0.703. The molecule has 0 aliphatic heterocycles. The molecule has 4 aromatic rings. The SMILES string of the molecule is O=C(COC(=O)CNC(=O)c1ccccc1)Nc1ccc2oc3ccccc3c2c1.